The fourth-order valence-corrected chi connectivity index (χ4v) is 2.60. The molecule has 21 heavy (non-hydrogen) atoms. The maximum atomic E-state index is 13.5. The van der Waals surface area contributed by atoms with Crippen LogP contribution in [0.1, 0.15) is 19.8 Å². The van der Waals surface area contributed by atoms with E-state index in [1.54, 1.807) is 0 Å². The SMILES string of the molecule is CC1CC(C(=O)Nc2cc(F)c(F)cc2F)(/C(N)=N/O)C1. The highest BCUT2D eigenvalue weighted by Crippen LogP contribution is 2.46. The molecule has 1 aromatic carbocycles. The second-order valence-electron chi connectivity index (χ2n) is 5.28. The summed E-state index contributed by atoms with van der Waals surface area (Å²) in [5, 5.41) is 13.8. The highest BCUT2D eigenvalue weighted by molar-refractivity contribution is 6.12. The lowest BCUT2D eigenvalue weighted by molar-refractivity contribution is -0.127. The van der Waals surface area contributed by atoms with Crippen LogP contribution < -0.4 is 11.1 Å². The minimum absolute atomic E-state index is 0.172. The van der Waals surface area contributed by atoms with Crippen molar-refractivity contribution < 1.29 is 23.2 Å². The Hall–Kier alpha value is -2.25. The van der Waals surface area contributed by atoms with Crippen LogP contribution in [0.5, 0.6) is 0 Å². The second-order valence-corrected chi connectivity index (χ2v) is 5.28. The van der Waals surface area contributed by atoms with E-state index in [2.05, 4.69) is 10.5 Å². The topological polar surface area (TPSA) is 87.7 Å². The number of nitrogens with two attached hydrogens (primary N) is 1. The molecule has 5 nitrogen and oxygen atoms in total. The lowest BCUT2D eigenvalue weighted by atomic mass is 9.61. The molecule has 1 aliphatic carbocycles. The van der Waals surface area contributed by atoms with Crippen LogP contribution in [0, 0.1) is 28.8 Å². The number of nitrogens with zero attached hydrogens (tertiary/aromatic N) is 1. The molecule has 1 aromatic rings. The molecule has 0 radical (unpaired) electrons. The number of nitrogens with one attached hydrogen (secondary N) is 1. The predicted octanol–water partition coefficient (Wildman–Crippen LogP) is 2.21. The van der Waals surface area contributed by atoms with Crippen LogP contribution in [0.4, 0.5) is 18.9 Å². The van der Waals surface area contributed by atoms with Gasteiger partial charge in [0.15, 0.2) is 17.5 Å². The van der Waals surface area contributed by atoms with Crippen molar-refractivity contribution in [2.45, 2.75) is 19.8 Å². The van der Waals surface area contributed by atoms with E-state index in [0.717, 1.165) is 0 Å². The van der Waals surface area contributed by atoms with E-state index >= 15 is 0 Å². The van der Waals surface area contributed by atoms with Crippen LogP contribution in [0.15, 0.2) is 17.3 Å². The molecule has 0 aliphatic heterocycles. The third kappa shape index (κ3) is 2.53. The number of hydrogen-bond donors (Lipinski definition) is 3. The molecule has 1 fully saturated rings. The van der Waals surface area contributed by atoms with Crippen molar-refractivity contribution in [3.63, 3.8) is 0 Å². The Kier molecular flexibility index (Phi) is 3.80. The highest BCUT2D eigenvalue weighted by atomic mass is 19.2. The minimum atomic E-state index is -1.35. The molecule has 0 unspecified atom stereocenters. The number of benzene rings is 1. The average Bonchev–Trinajstić information content (AvgIpc) is 2.39. The summed E-state index contributed by atoms with van der Waals surface area (Å²) >= 11 is 0. The van der Waals surface area contributed by atoms with Gasteiger partial charge >= 0.3 is 0 Å². The summed E-state index contributed by atoms with van der Waals surface area (Å²) in [5.74, 6) is -4.59. The van der Waals surface area contributed by atoms with Crippen molar-refractivity contribution in [1.82, 2.24) is 0 Å². The number of anilines is 1. The van der Waals surface area contributed by atoms with Crippen LogP contribution >= 0.6 is 0 Å². The maximum Gasteiger partial charge on any atom is 0.238 e. The number of carbonyl (C=O) groups excluding carboxylic acids is 1. The highest BCUT2D eigenvalue weighted by Gasteiger charge is 2.52. The summed E-state index contributed by atoms with van der Waals surface area (Å²) < 4.78 is 39.5. The van der Waals surface area contributed by atoms with Gasteiger partial charge in [0, 0.05) is 12.1 Å². The largest absolute Gasteiger partial charge is 0.409 e. The molecule has 1 aliphatic rings. The van der Waals surface area contributed by atoms with Gasteiger partial charge in [-0.25, -0.2) is 13.2 Å². The molecule has 0 aromatic heterocycles. The molecule has 0 atom stereocenters. The van der Waals surface area contributed by atoms with E-state index < -0.39 is 34.5 Å². The molecule has 0 spiro atoms. The van der Waals surface area contributed by atoms with Crippen molar-refractivity contribution in [2.24, 2.45) is 22.2 Å². The van der Waals surface area contributed by atoms with Gasteiger partial charge in [0.25, 0.3) is 0 Å². The fraction of sp³-hybridized carbons (Fsp3) is 0.385. The van der Waals surface area contributed by atoms with E-state index in [4.69, 9.17) is 10.9 Å². The summed E-state index contributed by atoms with van der Waals surface area (Å²) in [6, 6.07) is 0.884. The number of rotatable bonds is 3. The molecule has 0 heterocycles. The smallest absolute Gasteiger partial charge is 0.238 e. The zero-order valence-electron chi connectivity index (χ0n) is 11.2. The quantitative estimate of drug-likeness (QED) is 0.263. The number of amides is 1. The molecular formula is C13H14F3N3O2. The zero-order valence-corrected chi connectivity index (χ0v) is 11.2. The molecule has 8 heteroatoms. The average molecular weight is 301 g/mol. The first kappa shape index (κ1) is 15.1. The van der Waals surface area contributed by atoms with Gasteiger partial charge in [-0.05, 0) is 18.8 Å². The van der Waals surface area contributed by atoms with E-state index in [9.17, 15) is 18.0 Å². The lowest BCUT2D eigenvalue weighted by Crippen LogP contribution is -2.54. The first-order valence-corrected chi connectivity index (χ1v) is 6.24. The van der Waals surface area contributed by atoms with Crippen molar-refractivity contribution in [3.8, 4) is 0 Å². The fourth-order valence-electron chi connectivity index (χ4n) is 2.60. The van der Waals surface area contributed by atoms with Crippen LogP contribution in [-0.4, -0.2) is 17.0 Å². The number of hydrogen-bond acceptors (Lipinski definition) is 3. The zero-order chi connectivity index (χ0) is 15.8. The second kappa shape index (κ2) is 5.27. The van der Waals surface area contributed by atoms with Crippen LogP contribution in [0.25, 0.3) is 0 Å². The molecule has 0 saturated heterocycles. The molecule has 2 rings (SSSR count). The summed E-state index contributed by atoms with van der Waals surface area (Å²) in [4.78, 5) is 12.2. The van der Waals surface area contributed by atoms with Crippen LogP contribution in [0.2, 0.25) is 0 Å². The molecular weight excluding hydrogens is 287 g/mol. The van der Waals surface area contributed by atoms with Gasteiger partial charge in [-0.1, -0.05) is 12.1 Å². The monoisotopic (exact) mass is 301 g/mol. The van der Waals surface area contributed by atoms with Crippen molar-refractivity contribution >= 4 is 17.4 Å². The molecule has 1 amide bonds. The summed E-state index contributed by atoms with van der Waals surface area (Å²) in [6.45, 7) is 1.87. The number of amidine groups is 1. The third-order valence-electron chi connectivity index (χ3n) is 3.68. The summed E-state index contributed by atoms with van der Waals surface area (Å²) in [7, 11) is 0. The summed E-state index contributed by atoms with van der Waals surface area (Å²) in [5.41, 5.74) is 3.78. The summed E-state index contributed by atoms with van der Waals surface area (Å²) in [6.07, 6.45) is 0.639. The standard InChI is InChI=1S/C13H14F3N3O2/c1-6-4-13(5-6,11(17)19-21)12(20)18-10-3-8(15)7(14)2-9(10)16/h2-3,6,21H,4-5H2,1H3,(H2,17,19)(H,18,20). The van der Waals surface area contributed by atoms with E-state index in [1.807, 2.05) is 6.92 Å². The molecule has 114 valence electrons. The van der Waals surface area contributed by atoms with Gasteiger partial charge in [0.05, 0.1) is 5.69 Å². The number of carbonyl (C=O) groups is 1. The van der Waals surface area contributed by atoms with Gasteiger partial charge < -0.3 is 16.3 Å². The first-order valence-electron chi connectivity index (χ1n) is 6.24. The Balaban J connectivity index is 2.27. The third-order valence-corrected chi connectivity index (χ3v) is 3.68. The van der Waals surface area contributed by atoms with Gasteiger partial charge in [0.2, 0.25) is 5.91 Å². The number of halogens is 3. The predicted molar refractivity (Wildman–Crippen MR) is 69.2 cm³/mol. The minimum Gasteiger partial charge on any atom is -0.409 e. The van der Waals surface area contributed by atoms with E-state index in [1.165, 1.54) is 0 Å². The van der Waals surface area contributed by atoms with E-state index in [-0.39, 0.29) is 11.8 Å². The van der Waals surface area contributed by atoms with Crippen molar-refractivity contribution in [1.29, 1.82) is 0 Å². The Bertz CT molecular complexity index is 613. The molecule has 1 saturated carbocycles. The Morgan fingerprint density at radius 3 is 2.43 bits per heavy atom. The van der Waals surface area contributed by atoms with Gasteiger partial charge in [0.1, 0.15) is 11.2 Å². The Labute approximate surface area is 118 Å². The Morgan fingerprint density at radius 2 is 1.90 bits per heavy atom. The van der Waals surface area contributed by atoms with Crippen molar-refractivity contribution in [2.75, 3.05) is 5.32 Å². The van der Waals surface area contributed by atoms with Gasteiger partial charge in [-0.2, -0.15) is 0 Å². The van der Waals surface area contributed by atoms with Gasteiger partial charge in [-0.15, -0.1) is 0 Å². The first-order chi connectivity index (χ1) is 9.80. The lowest BCUT2D eigenvalue weighted by Gasteiger charge is -2.43. The van der Waals surface area contributed by atoms with Crippen molar-refractivity contribution in [3.05, 3.63) is 29.6 Å². The van der Waals surface area contributed by atoms with Crippen LogP contribution in [0.3, 0.4) is 0 Å². The normalized spacial score (nSPS) is 25.3. The Morgan fingerprint density at radius 1 is 1.33 bits per heavy atom. The van der Waals surface area contributed by atoms with Gasteiger partial charge in [-0.3, -0.25) is 4.79 Å². The molecule has 0 bridgehead atoms. The van der Waals surface area contributed by atoms with Crippen LogP contribution in [-0.2, 0) is 4.79 Å². The number of oxime groups is 1. The van der Waals surface area contributed by atoms with E-state index in [0.29, 0.717) is 25.0 Å². The molecule has 4 N–H and O–H groups in total. The maximum absolute atomic E-state index is 13.5.